The molecule has 122 valence electrons. The number of hydrogen-bond acceptors (Lipinski definition) is 2. The van der Waals surface area contributed by atoms with Crippen molar-refractivity contribution >= 4 is 5.91 Å². The number of benzene rings is 2. The fourth-order valence-electron chi connectivity index (χ4n) is 2.43. The molecule has 1 amide bonds. The molecule has 0 radical (unpaired) electrons. The Morgan fingerprint density at radius 2 is 1.48 bits per heavy atom. The molecule has 2 aromatic rings. The van der Waals surface area contributed by atoms with Crippen molar-refractivity contribution in [3.05, 3.63) is 70.8 Å². The second-order valence-electron chi connectivity index (χ2n) is 6.32. The van der Waals surface area contributed by atoms with Gasteiger partial charge >= 0.3 is 0 Å². The lowest BCUT2D eigenvalue weighted by Crippen LogP contribution is -2.23. The van der Waals surface area contributed by atoms with Crippen LogP contribution >= 0.6 is 0 Å². The topological polar surface area (TPSA) is 32.3 Å². The number of rotatable bonds is 7. The first kappa shape index (κ1) is 17.2. The van der Waals surface area contributed by atoms with Crippen LogP contribution in [0.15, 0.2) is 48.5 Å². The highest BCUT2D eigenvalue weighted by atomic mass is 16.1. The summed E-state index contributed by atoms with van der Waals surface area (Å²) in [6.45, 7) is 3.60. The van der Waals surface area contributed by atoms with Crippen LogP contribution in [0.1, 0.15) is 28.7 Å². The van der Waals surface area contributed by atoms with Crippen molar-refractivity contribution in [2.45, 2.75) is 32.9 Å². The first-order valence-electron chi connectivity index (χ1n) is 8.08. The van der Waals surface area contributed by atoms with E-state index in [9.17, 15) is 4.79 Å². The van der Waals surface area contributed by atoms with Crippen molar-refractivity contribution in [1.82, 2.24) is 10.2 Å². The molecule has 0 bridgehead atoms. The summed E-state index contributed by atoms with van der Waals surface area (Å²) in [6, 6.07) is 16.8. The van der Waals surface area contributed by atoms with Crippen molar-refractivity contribution in [2.24, 2.45) is 0 Å². The fourth-order valence-corrected chi connectivity index (χ4v) is 2.43. The van der Waals surface area contributed by atoms with E-state index >= 15 is 0 Å². The van der Waals surface area contributed by atoms with E-state index in [1.165, 1.54) is 16.7 Å². The van der Waals surface area contributed by atoms with Gasteiger partial charge in [0.2, 0.25) is 5.91 Å². The molecule has 0 aliphatic heterocycles. The molecule has 1 N–H and O–H groups in total. The van der Waals surface area contributed by atoms with Gasteiger partial charge in [-0.1, -0.05) is 54.1 Å². The maximum atomic E-state index is 12.0. The van der Waals surface area contributed by atoms with Crippen LogP contribution < -0.4 is 5.32 Å². The monoisotopic (exact) mass is 310 g/mol. The molecule has 0 aromatic heterocycles. The first-order valence-corrected chi connectivity index (χ1v) is 8.08. The van der Waals surface area contributed by atoms with Gasteiger partial charge in [-0.3, -0.25) is 4.79 Å². The van der Waals surface area contributed by atoms with Gasteiger partial charge in [0.05, 0.1) is 0 Å². The number of nitrogens with one attached hydrogen (secondary N) is 1. The zero-order valence-electron chi connectivity index (χ0n) is 14.3. The van der Waals surface area contributed by atoms with E-state index in [0.717, 1.165) is 18.5 Å². The minimum atomic E-state index is 0.0999. The van der Waals surface area contributed by atoms with Crippen molar-refractivity contribution in [2.75, 3.05) is 14.1 Å². The van der Waals surface area contributed by atoms with E-state index in [2.05, 4.69) is 79.8 Å². The first-order chi connectivity index (χ1) is 11.0. The summed E-state index contributed by atoms with van der Waals surface area (Å²) in [7, 11) is 4.12. The van der Waals surface area contributed by atoms with Gasteiger partial charge < -0.3 is 10.2 Å². The van der Waals surface area contributed by atoms with Crippen LogP contribution in [0.25, 0.3) is 0 Å². The Morgan fingerprint density at radius 1 is 0.913 bits per heavy atom. The summed E-state index contributed by atoms with van der Waals surface area (Å²) in [6.07, 6.45) is 1.32. The van der Waals surface area contributed by atoms with Crippen molar-refractivity contribution < 1.29 is 4.79 Å². The largest absolute Gasteiger partial charge is 0.352 e. The molecule has 0 unspecified atom stereocenters. The third kappa shape index (κ3) is 6.25. The maximum absolute atomic E-state index is 12.0. The van der Waals surface area contributed by atoms with Crippen LogP contribution in [0.2, 0.25) is 0 Å². The van der Waals surface area contributed by atoms with Gasteiger partial charge in [-0.2, -0.15) is 0 Å². The van der Waals surface area contributed by atoms with E-state index in [-0.39, 0.29) is 5.91 Å². The van der Waals surface area contributed by atoms with E-state index in [4.69, 9.17) is 0 Å². The van der Waals surface area contributed by atoms with Crippen molar-refractivity contribution in [1.29, 1.82) is 0 Å². The van der Waals surface area contributed by atoms with Crippen LogP contribution in [0.5, 0.6) is 0 Å². The second-order valence-corrected chi connectivity index (χ2v) is 6.32. The smallest absolute Gasteiger partial charge is 0.220 e. The lowest BCUT2D eigenvalue weighted by Gasteiger charge is -2.10. The molecule has 0 fully saturated rings. The van der Waals surface area contributed by atoms with Gasteiger partial charge in [0.25, 0.3) is 0 Å². The van der Waals surface area contributed by atoms with Crippen LogP contribution in [0.4, 0.5) is 0 Å². The highest BCUT2D eigenvalue weighted by molar-refractivity contribution is 5.76. The summed E-state index contributed by atoms with van der Waals surface area (Å²) in [5.74, 6) is 0.0999. The normalized spacial score (nSPS) is 10.8. The maximum Gasteiger partial charge on any atom is 0.220 e. The molecule has 0 aliphatic rings. The number of hydrogen-bond donors (Lipinski definition) is 1. The Labute approximate surface area is 139 Å². The van der Waals surface area contributed by atoms with Gasteiger partial charge in [0.1, 0.15) is 0 Å². The molecule has 0 saturated carbocycles. The van der Waals surface area contributed by atoms with Gasteiger partial charge in [0, 0.05) is 19.5 Å². The fraction of sp³-hybridized carbons (Fsp3) is 0.350. The number of amides is 1. The number of carbonyl (C=O) groups excluding carboxylic acids is 1. The molecule has 2 rings (SSSR count). The zero-order chi connectivity index (χ0) is 16.7. The summed E-state index contributed by atoms with van der Waals surface area (Å²) in [4.78, 5) is 14.1. The highest BCUT2D eigenvalue weighted by Gasteiger charge is 2.03. The quantitative estimate of drug-likeness (QED) is 0.851. The molecule has 0 heterocycles. The average molecular weight is 310 g/mol. The van der Waals surface area contributed by atoms with Crippen LogP contribution in [-0.2, 0) is 24.3 Å². The molecule has 0 spiro atoms. The Kier molecular flexibility index (Phi) is 6.36. The van der Waals surface area contributed by atoms with Gasteiger partial charge in [0.15, 0.2) is 0 Å². The SMILES string of the molecule is Cc1ccc(CCC(=O)NCc2ccc(CN(C)C)cc2)cc1. The van der Waals surface area contributed by atoms with Crippen molar-refractivity contribution in [3.8, 4) is 0 Å². The van der Waals surface area contributed by atoms with E-state index in [0.29, 0.717) is 13.0 Å². The minimum Gasteiger partial charge on any atom is -0.352 e. The molecule has 3 heteroatoms. The Bertz CT molecular complexity index is 615. The third-order valence-corrected chi connectivity index (χ3v) is 3.77. The minimum absolute atomic E-state index is 0.0999. The molecule has 2 aromatic carbocycles. The Balaban J connectivity index is 1.74. The number of aryl methyl sites for hydroxylation is 2. The molecule has 0 aliphatic carbocycles. The van der Waals surface area contributed by atoms with E-state index < -0.39 is 0 Å². The Hall–Kier alpha value is -2.13. The second kappa shape index (κ2) is 8.49. The standard InChI is InChI=1S/C20H26N2O/c1-16-4-6-17(7-5-16)12-13-20(23)21-14-18-8-10-19(11-9-18)15-22(2)3/h4-11H,12-15H2,1-3H3,(H,21,23). The molecule has 0 atom stereocenters. The Morgan fingerprint density at radius 3 is 2.09 bits per heavy atom. The van der Waals surface area contributed by atoms with E-state index in [1.807, 2.05) is 0 Å². The number of carbonyl (C=O) groups is 1. The molecule has 23 heavy (non-hydrogen) atoms. The summed E-state index contributed by atoms with van der Waals surface area (Å²) >= 11 is 0. The van der Waals surface area contributed by atoms with Gasteiger partial charge in [-0.05, 0) is 44.1 Å². The lowest BCUT2D eigenvalue weighted by atomic mass is 10.1. The zero-order valence-corrected chi connectivity index (χ0v) is 14.3. The highest BCUT2D eigenvalue weighted by Crippen LogP contribution is 2.07. The van der Waals surface area contributed by atoms with Crippen LogP contribution in [0.3, 0.4) is 0 Å². The van der Waals surface area contributed by atoms with E-state index in [1.54, 1.807) is 0 Å². The molecule has 3 nitrogen and oxygen atoms in total. The lowest BCUT2D eigenvalue weighted by molar-refractivity contribution is -0.121. The van der Waals surface area contributed by atoms with Crippen molar-refractivity contribution in [3.63, 3.8) is 0 Å². The average Bonchev–Trinajstić information content (AvgIpc) is 2.53. The predicted octanol–water partition coefficient (Wildman–Crippen LogP) is 3.31. The third-order valence-electron chi connectivity index (χ3n) is 3.77. The molecular weight excluding hydrogens is 284 g/mol. The van der Waals surface area contributed by atoms with Gasteiger partial charge in [-0.25, -0.2) is 0 Å². The summed E-state index contributed by atoms with van der Waals surface area (Å²) < 4.78 is 0. The summed E-state index contributed by atoms with van der Waals surface area (Å²) in [5, 5.41) is 2.99. The van der Waals surface area contributed by atoms with Crippen LogP contribution in [0, 0.1) is 6.92 Å². The number of nitrogens with zero attached hydrogens (tertiary/aromatic N) is 1. The van der Waals surface area contributed by atoms with Gasteiger partial charge in [-0.15, -0.1) is 0 Å². The summed E-state index contributed by atoms with van der Waals surface area (Å²) in [5.41, 5.74) is 4.87. The molecule has 0 saturated heterocycles. The predicted molar refractivity (Wildman–Crippen MR) is 95.2 cm³/mol. The molecular formula is C20H26N2O. The van der Waals surface area contributed by atoms with Crippen LogP contribution in [-0.4, -0.2) is 24.9 Å².